The third-order valence-electron chi connectivity index (χ3n) is 3.64. The monoisotopic (exact) mass is 435 g/mol. The van der Waals surface area contributed by atoms with Crippen LogP contribution in [0.4, 0.5) is 4.39 Å². The summed E-state index contributed by atoms with van der Waals surface area (Å²) in [5.41, 5.74) is 1.81. The van der Waals surface area contributed by atoms with Gasteiger partial charge in [-0.2, -0.15) is 0 Å². The van der Waals surface area contributed by atoms with Crippen LogP contribution >= 0.6 is 27.3 Å². The lowest BCUT2D eigenvalue weighted by atomic mass is 10.1. The molecule has 0 atom stereocenters. The molecule has 0 saturated carbocycles. The molecule has 0 amide bonds. The van der Waals surface area contributed by atoms with Crippen LogP contribution in [0.2, 0.25) is 0 Å². The van der Waals surface area contributed by atoms with Crippen molar-refractivity contribution >= 4 is 33.0 Å². The van der Waals surface area contributed by atoms with Crippen molar-refractivity contribution in [2.24, 2.45) is 0 Å². The van der Waals surface area contributed by atoms with E-state index >= 15 is 0 Å². The van der Waals surface area contributed by atoms with E-state index in [0.29, 0.717) is 11.4 Å². The third kappa shape index (κ3) is 4.11. The molecule has 2 aromatic carbocycles. The molecule has 1 heterocycles. The minimum absolute atomic E-state index is 0.179. The van der Waals surface area contributed by atoms with Crippen molar-refractivity contribution in [1.29, 1.82) is 0 Å². The highest BCUT2D eigenvalue weighted by Gasteiger charge is 2.13. The first-order chi connectivity index (χ1) is 12.5. The zero-order valence-electron chi connectivity index (χ0n) is 14.1. The maximum Gasteiger partial charge on any atom is 0.163 e. The van der Waals surface area contributed by atoms with Gasteiger partial charge >= 0.3 is 0 Å². The summed E-state index contributed by atoms with van der Waals surface area (Å²) in [6.07, 6.45) is 0. The minimum Gasteiger partial charge on any atom is -0.496 e. The number of hydrogen-bond donors (Lipinski definition) is 0. The second-order valence-electron chi connectivity index (χ2n) is 5.47. The van der Waals surface area contributed by atoms with Crippen molar-refractivity contribution < 1.29 is 18.7 Å². The topological polar surface area (TPSA) is 48.4 Å². The Hall–Kier alpha value is -2.25. The van der Waals surface area contributed by atoms with Gasteiger partial charge in [0.25, 0.3) is 0 Å². The van der Waals surface area contributed by atoms with E-state index in [9.17, 15) is 9.18 Å². The second kappa shape index (κ2) is 7.97. The summed E-state index contributed by atoms with van der Waals surface area (Å²) in [6.45, 7) is 1.56. The number of halogens is 2. The fourth-order valence-electron chi connectivity index (χ4n) is 2.40. The van der Waals surface area contributed by atoms with Crippen LogP contribution in [0.25, 0.3) is 10.6 Å². The molecule has 0 unspecified atom stereocenters. The minimum atomic E-state index is -0.472. The third-order valence-corrected chi connectivity index (χ3v) is 5.06. The number of nitrogens with zero attached hydrogens (tertiary/aromatic N) is 1. The van der Waals surface area contributed by atoms with Crippen LogP contribution in [0.3, 0.4) is 0 Å². The molecule has 0 aliphatic carbocycles. The number of carbonyl (C=O) groups is 1. The van der Waals surface area contributed by atoms with Crippen LogP contribution in [0.1, 0.15) is 23.0 Å². The molecule has 4 nitrogen and oxygen atoms in total. The van der Waals surface area contributed by atoms with Crippen molar-refractivity contribution in [3.05, 3.63) is 63.3 Å². The fourth-order valence-corrected chi connectivity index (χ4v) is 3.59. The van der Waals surface area contributed by atoms with E-state index in [0.717, 1.165) is 20.8 Å². The first-order valence-electron chi connectivity index (χ1n) is 7.69. The quantitative estimate of drug-likeness (QED) is 0.479. The maximum atomic E-state index is 13.3. The number of ketones is 1. The normalized spacial score (nSPS) is 10.6. The summed E-state index contributed by atoms with van der Waals surface area (Å²) in [6, 6.07) is 9.61. The number of Topliss-reactive ketones (excluding diaryl/α,β-unsaturated/α-hetero) is 1. The largest absolute Gasteiger partial charge is 0.496 e. The van der Waals surface area contributed by atoms with Crippen molar-refractivity contribution in [2.75, 3.05) is 7.11 Å². The van der Waals surface area contributed by atoms with Crippen LogP contribution in [0.15, 0.2) is 46.3 Å². The average Bonchev–Trinajstić information content (AvgIpc) is 3.09. The SMILES string of the molecule is COc1ccc(Br)cc1-c1nc(COc2ccc(F)cc2C(C)=O)cs1. The molecule has 0 radical (unpaired) electrons. The number of hydrogen-bond acceptors (Lipinski definition) is 5. The van der Waals surface area contributed by atoms with Gasteiger partial charge in [0.05, 0.1) is 23.9 Å². The van der Waals surface area contributed by atoms with Gasteiger partial charge in [0.15, 0.2) is 5.78 Å². The summed E-state index contributed by atoms with van der Waals surface area (Å²) in [5.74, 6) is 0.346. The number of benzene rings is 2. The lowest BCUT2D eigenvalue weighted by Gasteiger charge is -2.09. The number of thiazole rings is 1. The summed E-state index contributed by atoms with van der Waals surface area (Å²) in [7, 11) is 1.61. The van der Waals surface area contributed by atoms with Crippen LogP contribution in [0.5, 0.6) is 11.5 Å². The molecular formula is C19H15BrFNO3S. The van der Waals surface area contributed by atoms with E-state index in [4.69, 9.17) is 9.47 Å². The predicted molar refractivity (Wildman–Crippen MR) is 103 cm³/mol. The Bertz CT molecular complexity index is 958. The molecule has 0 aliphatic rings. The Morgan fingerprint density at radius 2 is 2.00 bits per heavy atom. The Morgan fingerprint density at radius 3 is 2.73 bits per heavy atom. The first kappa shape index (κ1) is 18.5. The summed E-state index contributed by atoms with van der Waals surface area (Å²) >= 11 is 4.92. The Kier molecular flexibility index (Phi) is 5.68. The van der Waals surface area contributed by atoms with E-state index < -0.39 is 5.82 Å². The molecule has 0 fully saturated rings. The predicted octanol–water partition coefficient (Wildman–Crippen LogP) is 5.50. The van der Waals surface area contributed by atoms with Gasteiger partial charge < -0.3 is 9.47 Å². The number of methoxy groups -OCH3 is 1. The van der Waals surface area contributed by atoms with E-state index in [1.54, 1.807) is 7.11 Å². The maximum absolute atomic E-state index is 13.3. The summed E-state index contributed by atoms with van der Waals surface area (Å²) < 4.78 is 25.3. The molecule has 7 heteroatoms. The summed E-state index contributed by atoms with van der Waals surface area (Å²) in [5, 5.41) is 2.68. The highest BCUT2D eigenvalue weighted by Crippen LogP contribution is 2.34. The molecule has 0 aliphatic heterocycles. The van der Waals surface area contributed by atoms with Gasteiger partial charge in [-0.25, -0.2) is 9.37 Å². The number of carbonyl (C=O) groups excluding carboxylic acids is 1. The standard InChI is InChI=1S/C19H15BrFNO3S/c1-11(23)15-8-13(21)4-6-18(15)25-9-14-10-26-19(22-14)16-7-12(20)3-5-17(16)24-2/h3-8,10H,9H2,1-2H3. The zero-order valence-corrected chi connectivity index (χ0v) is 16.5. The van der Waals surface area contributed by atoms with Gasteiger partial charge in [0, 0.05) is 9.85 Å². The smallest absolute Gasteiger partial charge is 0.163 e. The highest BCUT2D eigenvalue weighted by molar-refractivity contribution is 9.10. The zero-order chi connectivity index (χ0) is 18.7. The van der Waals surface area contributed by atoms with E-state index in [1.165, 1.54) is 36.5 Å². The number of ether oxygens (including phenoxy) is 2. The fraction of sp³-hybridized carbons (Fsp3) is 0.158. The number of rotatable bonds is 6. The molecule has 26 heavy (non-hydrogen) atoms. The van der Waals surface area contributed by atoms with Gasteiger partial charge in [-0.3, -0.25) is 4.79 Å². The van der Waals surface area contributed by atoms with Gasteiger partial charge in [-0.15, -0.1) is 11.3 Å². The average molecular weight is 436 g/mol. The van der Waals surface area contributed by atoms with E-state index in [-0.39, 0.29) is 18.0 Å². The second-order valence-corrected chi connectivity index (χ2v) is 7.25. The van der Waals surface area contributed by atoms with E-state index in [2.05, 4.69) is 20.9 Å². The molecule has 134 valence electrons. The molecule has 0 bridgehead atoms. The molecule has 3 aromatic rings. The Labute approximate surface area is 162 Å². The van der Waals surface area contributed by atoms with Crippen LogP contribution in [0, 0.1) is 5.82 Å². The van der Waals surface area contributed by atoms with Gasteiger partial charge in [0.1, 0.15) is 28.9 Å². The lowest BCUT2D eigenvalue weighted by Crippen LogP contribution is -2.02. The van der Waals surface area contributed by atoms with Crippen molar-refractivity contribution in [3.63, 3.8) is 0 Å². The first-order valence-corrected chi connectivity index (χ1v) is 9.37. The summed E-state index contributed by atoms with van der Waals surface area (Å²) in [4.78, 5) is 16.2. The number of aromatic nitrogens is 1. The molecule has 0 N–H and O–H groups in total. The van der Waals surface area contributed by atoms with E-state index in [1.807, 2.05) is 23.6 Å². The lowest BCUT2D eigenvalue weighted by molar-refractivity contribution is 0.101. The molecule has 0 saturated heterocycles. The molecular weight excluding hydrogens is 421 g/mol. The van der Waals surface area contributed by atoms with Crippen LogP contribution in [-0.2, 0) is 6.61 Å². The molecule has 3 rings (SSSR count). The molecule has 0 spiro atoms. The Balaban J connectivity index is 1.80. The van der Waals surface area contributed by atoms with Crippen LogP contribution in [-0.4, -0.2) is 17.9 Å². The molecule has 1 aromatic heterocycles. The van der Waals surface area contributed by atoms with Gasteiger partial charge in [0.2, 0.25) is 0 Å². The van der Waals surface area contributed by atoms with Crippen molar-refractivity contribution in [3.8, 4) is 22.1 Å². The Morgan fingerprint density at radius 1 is 1.23 bits per heavy atom. The van der Waals surface area contributed by atoms with Gasteiger partial charge in [-0.05, 0) is 43.3 Å². The highest BCUT2D eigenvalue weighted by atomic mass is 79.9. The van der Waals surface area contributed by atoms with Crippen molar-refractivity contribution in [1.82, 2.24) is 4.98 Å². The van der Waals surface area contributed by atoms with Crippen molar-refractivity contribution in [2.45, 2.75) is 13.5 Å². The van der Waals surface area contributed by atoms with Gasteiger partial charge in [-0.1, -0.05) is 15.9 Å². The van der Waals surface area contributed by atoms with Crippen LogP contribution < -0.4 is 9.47 Å².